The van der Waals surface area contributed by atoms with Crippen LogP contribution in [-0.2, 0) is 11.3 Å². The monoisotopic (exact) mass is 423 g/mol. The van der Waals surface area contributed by atoms with Crippen LogP contribution in [-0.4, -0.2) is 44.6 Å². The van der Waals surface area contributed by atoms with E-state index in [-0.39, 0.29) is 5.91 Å². The van der Waals surface area contributed by atoms with E-state index in [9.17, 15) is 4.79 Å². The molecule has 30 heavy (non-hydrogen) atoms. The van der Waals surface area contributed by atoms with Gasteiger partial charge in [0.05, 0.1) is 0 Å². The van der Waals surface area contributed by atoms with Crippen molar-refractivity contribution >= 4 is 23.4 Å². The van der Waals surface area contributed by atoms with Gasteiger partial charge in [-0.3, -0.25) is 14.3 Å². The van der Waals surface area contributed by atoms with E-state index in [4.69, 9.17) is 9.47 Å². The van der Waals surface area contributed by atoms with Crippen LogP contribution < -0.4 is 14.8 Å². The van der Waals surface area contributed by atoms with Crippen molar-refractivity contribution in [1.82, 2.24) is 19.7 Å². The summed E-state index contributed by atoms with van der Waals surface area (Å²) in [7, 11) is 0. The van der Waals surface area contributed by atoms with Crippen LogP contribution in [0.5, 0.6) is 11.5 Å². The summed E-state index contributed by atoms with van der Waals surface area (Å²) >= 11 is 1.48. The fraction of sp³-hybridized carbons (Fsp3) is 0.238. The molecule has 1 aliphatic heterocycles. The summed E-state index contributed by atoms with van der Waals surface area (Å²) in [6.45, 7) is 5.43. The second kappa shape index (κ2) is 9.45. The highest BCUT2D eigenvalue weighted by Crippen LogP contribution is 2.32. The molecule has 0 atom stereocenters. The number of allylic oxidation sites excluding steroid dienone is 1. The van der Waals surface area contributed by atoms with Crippen LogP contribution in [0.3, 0.4) is 0 Å². The first kappa shape index (κ1) is 20.0. The third-order valence-electron chi connectivity index (χ3n) is 4.33. The molecule has 1 aromatic carbocycles. The molecule has 3 heterocycles. The van der Waals surface area contributed by atoms with Gasteiger partial charge in [0.15, 0.2) is 22.5 Å². The highest BCUT2D eigenvalue weighted by atomic mass is 32.2. The Morgan fingerprint density at radius 3 is 2.90 bits per heavy atom. The van der Waals surface area contributed by atoms with Gasteiger partial charge in [0.1, 0.15) is 13.2 Å². The molecule has 9 heteroatoms. The normalized spacial score (nSPS) is 12.4. The molecule has 0 bridgehead atoms. The number of fused-ring (bicyclic) bond motifs is 1. The Balaban J connectivity index is 1.35. The lowest BCUT2D eigenvalue weighted by Crippen LogP contribution is -2.16. The van der Waals surface area contributed by atoms with Gasteiger partial charge in [-0.25, -0.2) is 0 Å². The maximum atomic E-state index is 12.3. The SMILES string of the molecule is C=CCn1c(SCCC(=O)Nc2ccc3c(c2)OCCO3)nnc1-c1cccnc1. The minimum atomic E-state index is -0.0820. The van der Waals surface area contributed by atoms with Crippen LogP contribution in [0.15, 0.2) is 60.5 Å². The van der Waals surface area contributed by atoms with E-state index >= 15 is 0 Å². The Morgan fingerprint density at radius 1 is 1.23 bits per heavy atom. The second-order valence-corrected chi connectivity index (χ2v) is 7.51. The first-order valence-corrected chi connectivity index (χ1v) is 10.5. The first-order valence-electron chi connectivity index (χ1n) is 9.51. The molecular formula is C21H21N5O3S. The van der Waals surface area contributed by atoms with Crippen molar-refractivity contribution in [2.75, 3.05) is 24.3 Å². The lowest BCUT2D eigenvalue weighted by atomic mass is 10.2. The topological polar surface area (TPSA) is 91.2 Å². The van der Waals surface area contributed by atoms with Crippen molar-refractivity contribution < 1.29 is 14.3 Å². The number of carbonyl (C=O) groups excluding carboxylic acids is 1. The van der Waals surface area contributed by atoms with Crippen molar-refractivity contribution in [2.45, 2.75) is 18.1 Å². The van der Waals surface area contributed by atoms with Crippen molar-refractivity contribution in [3.63, 3.8) is 0 Å². The zero-order valence-electron chi connectivity index (χ0n) is 16.3. The molecule has 154 valence electrons. The summed E-state index contributed by atoms with van der Waals surface area (Å²) in [5, 5.41) is 12.2. The Hall–Kier alpha value is -3.33. The van der Waals surface area contributed by atoms with Gasteiger partial charge in [0, 0.05) is 48.4 Å². The first-order chi connectivity index (χ1) is 14.7. The molecule has 1 amide bonds. The molecule has 8 nitrogen and oxygen atoms in total. The standard InChI is InChI=1S/C21H21N5O3S/c1-2-9-26-20(15-4-3-8-22-14-15)24-25-21(26)30-12-7-19(27)23-16-5-6-17-18(13-16)29-11-10-28-17/h2-6,8,13-14H,1,7,9-12H2,(H,23,27). The van der Waals surface area contributed by atoms with Crippen molar-refractivity contribution in [3.05, 3.63) is 55.4 Å². The lowest BCUT2D eigenvalue weighted by molar-refractivity contribution is -0.115. The van der Waals surface area contributed by atoms with Crippen LogP contribution in [0, 0.1) is 0 Å². The number of hydrogen-bond donors (Lipinski definition) is 1. The van der Waals surface area contributed by atoms with Crippen LogP contribution >= 0.6 is 11.8 Å². The zero-order valence-corrected chi connectivity index (χ0v) is 17.1. The highest BCUT2D eigenvalue weighted by molar-refractivity contribution is 7.99. The molecule has 0 saturated heterocycles. The summed E-state index contributed by atoms with van der Waals surface area (Å²) in [6.07, 6.45) is 5.59. The molecule has 0 aliphatic carbocycles. The van der Waals surface area contributed by atoms with E-state index in [2.05, 4.69) is 27.1 Å². The van der Waals surface area contributed by atoms with Gasteiger partial charge in [-0.1, -0.05) is 17.8 Å². The van der Waals surface area contributed by atoms with Crippen LogP contribution in [0.25, 0.3) is 11.4 Å². The molecule has 0 saturated carbocycles. The molecule has 4 rings (SSSR count). The summed E-state index contributed by atoms with van der Waals surface area (Å²) in [4.78, 5) is 16.5. The molecule has 0 spiro atoms. The van der Waals surface area contributed by atoms with E-state index in [1.807, 2.05) is 16.7 Å². The molecular weight excluding hydrogens is 402 g/mol. The van der Waals surface area contributed by atoms with E-state index in [0.29, 0.717) is 49.1 Å². The molecule has 3 aromatic rings. The van der Waals surface area contributed by atoms with E-state index in [1.165, 1.54) is 11.8 Å². The number of thioether (sulfide) groups is 1. The Labute approximate surface area is 178 Å². The van der Waals surface area contributed by atoms with Crippen LogP contribution in [0.4, 0.5) is 5.69 Å². The van der Waals surface area contributed by atoms with Gasteiger partial charge < -0.3 is 14.8 Å². The average molecular weight is 423 g/mol. The van der Waals surface area contributed by atoms with Gasteiger partial charge in [-0.15, -0.1) is 16.8 Å². The molecule has 0 radical (unpaired) electrons. The van der Waals surface area contributed by atoms with Gasteiger partial charge >= 0.3 is 0 Å². The highest BCUT2D eigenvalue weighted by Gasteiger charge is 2.15. The van der Waals surface area contributed by atoms with E-state index < -0.39 is 0 Å². The number of pyridine rings is 1. The van der Waals surface area contributed by atoms with Crippen molar-refractivity contribution in [3.8, 4) is 22.9 Å². The molecule has 0 fully saturated rings. The van der Waals surface area contributed by atoms with E-state index in [0.717, 1.165) is 16.5 Å². The third kappa shape index (κ3) is 4.62. The quantitative estimate of drug-likeness (QED) is 0.438. The number of nitrogens with zero attached hydrogens (tertiary/aromatic N) is 4. The number of hydrogen-bond acceptors (Lipinski definition) is 7. The summed E-state index contributed by atoms with van der Waals surface area (Å²) in [6, 6.07) is 9.18. The molecule has 2 aromatic heterocycles. The van der Waals surface area contributed by atoms with Crippen molar-refractivity contribution in [1.29, 1.82) is 0 Å². The minimum absolute atomic E-state index is 0.0820. The van der Waals surface area contributed by atoms with Crippen LogP contribution in [0.1, 0.15) is 6.42 Å². The number of benzene rings is 1. The fourth-order valence-electron chi connectivity index (χ4n) is 2.98. The maximum Gasteiger partial charge on any atom is 0.225 e. The van der Waals surface area contributed by atoms with Gasteiger partial charge in [0.25, 0.3) is 0 Å². The average Bonchev–Trinajstić information content (AvgIpc) is 3.17. The van der Waals surface area contributed by atoms with Gasteiger partial charge in [-0.05, 0) is 24.3 Å². The number of ether oxygens (including phenoxy) is 2. The maximum absolute atomic E-state index is 12.3. The second-order valence-electron chi connectivity index (χ2n) is 6.45. The smallest absolute Gasteiger partial charge is 0.225 e. The largest absolute Gasteiger partial charge is 0.486 e. The van der Waals surface area contributed by atoms with Crippen LogP contribution in [0.2, 0.25) is 0 Å². The van der Waals surface area contributed by atoms with Gasteiger partial charge in [0.2, 0.25) is 5.91 Å². The number of aromatic nitrogens is 4. The lowest BCUT2D eigenvalue weighted by Gasteiger charge is -2.19. The zero-order chi connectivity index (χ0) is 20.8. The van der Waals surface area contributed by atoms with Gasteiger partial charge in [-0.2, -0.15) is 0 Å². The number of amides is 1. The van der Waals surface area contributed by atoms with E-state index in [1.54, 1.807) is 36.7 Å². The predicted octanol–water partition coefficient (Wildman–Crippen LogP) is 3.42. The Bertz CT molecular complexity index is 1040. The Morgan fingerprint density at radius 2 is 2.10 bits per heavy atom. The molecule has 1 aliphatic rings. The Kier molecular flexibility index (Phi) is 6.29. The number of carbonyl (C=O) groups is 1. The third-order valence-corrected chi connectivity index (χ3v) is 5.30. The fourth-order valence-corrected chi connectivity index (χ4v) is 3.86. The molecule has 0 unspecified atom stereocenters. The summed E-state index contributed by atoms with van der Waals surface area (Å²) < 4.78 is 13.0. The minimum Gasteiger partial charge on any atom is -0.486 e. The number of anilines is 1. The van der Waals surface area contributed by atoms with Crippen molar-refractivity contribution in [2.24, 2.45) is 0 Å². The number of rotatable bonds is 8. The molecule has 1 N–H and O–H groups in total. The summed E-state index contributed by atoms with van der Waals surface area (Å²) in [5.74, 6) is 2.56. The number of nitrogens with one attached hydrogen (secondary N) is 1. The summed E-state index contributed by atoms with van der Waals surface area (Å²) in [5.41, 5.74) is 1.57. The predicted molar refractivity (Wildman–Crippen MR) is 115 cm³/mol.